The summed E-state index contributed by atoms with van der Waals surface area (Å²) < 4.78 is 77.3. The molecule has 0 bridgehead atoms. The Balaban J connectivity index is 1.30. The standard InChI is InChI=1S/C38H46Cl2F2N4O7S/c1-44-12-14-45(15-13-44)10-3-11-46(54(2,48)49)29-16-28(17-30(19-29)50-23-25-4-5-25)37(47)52-35(20-31-32(39)21-43-22-33(31)40)27-8-9-34(53-38(41)42)36(18-27)51-24-26-6-7-26/h8-9,16-19,21-22,25-26,35,38H,3-7,10-15,20,23-24H2,1-2H3/t35-/m0/s1. The topological polar surface area (TPSA) is 111 Å². The highest BCUT2D eigenvalue weighted by molar-refractivity contribution is 7.92. The van der Waals surface area contributed by atoms with Gasteiger partial charge in [0.1, 0.15) is 11.9 Å². The molecule has 0 spiro atoms. The zero-order valence-electron chi connectivity index (χ0n) is 30.4. The Kier molecular flexibility index (Phi) is 13.4. The van der Waals surface area contributed by atoms with Crippen LogP contribution in [0.1, 0.15) is 59.7 Å². The zero-order valence-corrected chi connectivity index (χ0v) is 32.7. The van der Waals surface area contributed by atoms with Gasteiger partial charge in [-0.05, 0) is 92.9 Å². The predicted octanol–water partition coefficient (Wildman–Crippen LogP) is 7.11. The van der Waals surface area contributed by atoms with Crippen LogP contribution in [0.2, 0.25) is 10.0 Å². The molecule has 2 heterocycles. The van der Waals surface area contributed by atoms with Crippen LogP contribution in [-0.2, 0) is 21.2 Å². The first kappa shape index (κ1) is 40.2. The SMILES string of the molecule is CN1CCN(CCCN(c2cc(OCC3CC3)cc(C(=O)O[C@@H](Cc3c(Cl)cncc3Cl)c3ccc(OC(F)F)c(OCC4CC4)c3)c2)S(C)(=O)=O)CC1. The van der Waals surface area contributed by atoms with Crippen molar-refractivity contribution in [3.8, 4) is 17.2 Å². The van der Waals surface area contributed by atoms with Gasteiger partial charge < -0.3 is 28.7 Å². The highest BCUT2D eigenvalue weighted by Gasteiger charge is 2.28. The quantitative estimate of drug-likeness (QED) is 0.116. The van der Waals surface area contributed by atoms with Crippen molar-refractivity contribution in [1.29, 1.82) is 0 Å². The first-order valence-electron chi connectivity index (χ1n) is 18.2. The molecule has 1 aliphatic heterocycles. The van der Waals surface area contributed by atoms with Crippen LogP contribution in [0.5, 0.6) is 17.2 Å². The van der Waals surface area contributed by atoms with E-state index in [1.54, 1.807) is 6.07 Å². The average molecular weight is 812 g/mol. The molecule has 3 fully saturated rings. The number of rotatable bonds is 19. The molecule has 0 amide bonds. The molecule has 16 heteroatoms. The molecular formula is C38H46Cl2F2N4O7S. The number of piperazine rings is 1. The van der Waals surface area contributed by atoms with Gasteiger partial charge in [-0.25, -0.2) is 13.2 Å². The Morgan fingerprint density at radius 3 is 2.24 bits per heavy atom. The lowest BCUT2D eigenvalue weighted by molar-refractivity contribution is -0.0515. The zero-order chi connectivity index (χ0) is 38.4. The van der Waals surface area contributed by atoms with Gasteiger partial charge in [0.2, 0.25) is 10.0 Å². The van der Waals surface area contributed by atoms with E-state index in [2.05, 4.69) is 21.8 Å². The van der Waals surface area contributed by atoms with Crippen LogP contribution >= 0.6 is 23.2 Å². The Labute approximate surface area is 325 Å². The summed E-state index contributed by atoms with van der Waals surface area (Å²) in [5, 5.41) is 0.481. The minimum atomic E-state index is -3.76. The fourth-order valence-corrected chi connectivity index (χ4v) is 7.66. The number of hydrogen-bond acceptors (Lipinski definition) is 10. The molecule has 3 aliphatic rings. The van der Waals surface area contributed by atoms with Crippen LogP contribution in [0.25, 0.3) is 0 Å². The highest BCUT2D eigenvalue weighted by Crippen LogP contribution is 2.39. The summed E-state index contributed by atoms with van der Waals surface area (Å²) in [5.74, 6) is 0.187. The summed E-state index contributed by atoms with van der Waals surface area (Å²) in [4.78, 5) is 22.8. The second kappa shape index (κ2) is 18.0. The van der Waals surface area contributed by atoms with Crippen LogP contribution in [0.3, 0.4) is 0 Å². The van der Waals surface area contributed by atoms with Crippen molar-refractivity contribution >= 4 is 44.9 Å². The summed E-state index contributed by atoms with van der Waals surface area (Å²) in [5.41, 5.74) is 1.19. The molecule has 3 aromatic rings. The van der Waals surface area contributed by atoms with E-state index < -0.39 is 28.7 Å². The number of hydrogen-bond donors (Lipinski definition) is 0. The minimum absolute atomic E-state index is 0.00444. The van der Waals surface area contributed by atoms with Gasteiger partial charge in [-0.2, -0.15) is 8.78 Å². The second-order valence-electron chi connectivity index (χ2n) is 14.3. The van der Waals surface area contributed by atoms with Gasteiger partial charge in [-0.1, -0.05) is 29.3 Å². The number of benzene rings is 2. The van der Waals surface area contributed by atoms with Gasteiger partial charge >= 0.3 is 12.6 Å². The summed E-state index contributed by atoms with van der Waals surface area (Å²) in [7, 11) is -1.68. The van der Waals surface area contributed by atoms with Gasteiger partial charge in [0, 0.05) is 57.6 Å². The first-order chi connectivity index (χ1) is 25.8. The number of ether oxygens (including phenoxy) is 4. The molecule has 2 aliphatic carbocycles. The van der Waals surface area contributed by atoms with Crippen molar-refractivity contribution in [2.75, 3.05) is 70.1 Å². The molecule has 6 rings (SSSR count). The molecule has 54 heavy (non-hydrogen) atoms. The molecular weight excluding hydrogens is 765 g/mol. The fraction of sp³-hybridized carbons (Fsp3) is 0.526. The highest BCUT2D eigenvalue weighted by atomic mass is 35.5. The molecule has 1 aromatic heterocycles. The maximum absolute atomic E-state index is 14.2. The van der Waals surface area contributed by atoms with E-state index >= 15 is 0 Å². The van der Waals surface area contributed by atoms with E-state index in [4.69, 9.17) is 42.1 Å². The van der Waals surface area contributed by atoms with Crippen molar-refractivity contribution in [3.63, 3.8) is 0 Å². The monoisotopic (exact) mass is 810 g/mol. The number of esters is 1. The van der Waals surface area contributed by atoms with Crippen molar-refractivity contribution in [3.05, 3.63) is 75.5 Å². The van der Waals surface area contributed by atoms with E-state index in [9.17, 15) is 22.0 Å². The van der Waals surface area contributed by atoms with E-state index in [-0.39, 0.29) is 45.8 Å². The van der Waals surface area contributed by atoms with Crippen LogP contribution in [0.15, 0.2) is 48.8 Å². The summed E-state index contributed by atoms with van der Waals surface area (Å²) in [6, 6.07) is 9.01. The normalized spacial score (nSPS) is 17.3. The molecule has 2 saturated carbocycles. The number of pyridine rings is 1. The van der Waals surface area contributed by atoms with Crippen molar-refractivity contribution < 1.29 is 40.9 Å². The van der Waals surface area contributed by atoms with Gasteiger partial charge in [-0.3, -0.25) is 9.29 Å². The third-order valence-electron chi connectivity index (χ3n) is 9.75. The summed E-state index contributed by atoms with van der Waals surface area (Å²) in [6.07, 6.45) is 7.52. The number of carbonyl (C=O) groups is 1. The molecule has 2 aromatic carbocycles. The van der Waals surface area contributed by atoms with E-state index in [0.717, 1.165) is 64.7 Å². The van der Waals surface area contributed by atoms with Gasteiger partial charge in [-0.15, -0.1) is 0 Å². The molecule has 0 radical (unpaired) electrons. The molecule has 0 N–H and O–H groups in total. The Hall–Kier alpha value is -3.43. The third kappa shape index (κ3) is 11.5. The summed E-state index contributed by atoms with van der Waals surface area (Å²) >= 11 is 13.0. The fourth-order valence-electron chi connectivity index (χ4n) is 6.19. The van der Waals surface area contributed by atoms with Crippen molar-refractivity contribution in [2.24, 2.45) is 11.8 Å². The predicted molar refractivity (Wildman–Crippen MR) is 203 cm³/mol. The number of anilines is 1. The lowest BCUT2D eigenvalue weighted by Gasteiger charge is -2.33. The third-order valence-corrected chi connectivity index (χ3v) is 11.6. The van der Waals surface area contributed by atoms with Gasteiger partial charge in [0.15, 0.2) is 11.5 Å². The number of sulfonamides is 1. The van der Waals surface area contributed by atoms with Crippen LogP contribution in [0.4, 0.5) is 14.5 Å². The minimum Gasteiger partial charge on any atom is -0.493 e. The molecule has 1 saturated heterocycles. The van der Waals surface area contributed by atoms with E-state index in [1.807, 2.05) is 0 Å². The molecule has 294 valence electrons. The Morgan fingerprint density at radius 2 is 1.61 bits per heavy atom. The smallest absolute Gasteiger partial charge is 0.387 e. The van der Waals surface area contributed by atoms with Gasteiger partial charge in [0.25, 0.3) is 0 Å². The Morgan fingerprint density at radius 1 is 0.944 bits per heavy atom. The lowest BCUT2D eigenvalue weighted by atomic mass is 10.0. The Bertz CT molecular complexity index is 1860. The number of carbonyl (C=O) groups excluding carboxylic acids is 1. The lowest BCUT2D eigenvalue weighted by Crippen LogP contribution is -2.45. The van der Waals surface area contributed by atoms with Crippen molar-refractivity contribution in [2.45, 2.75) is 51.2 Å². The number of nitrogens with zero attached hydrogens (tertiary/aromatic N) is 4. The van der Waals surface area contributed by atoms with E-state index in [0.29, 0.717) is 48.3 Å². The molecule has 0 unspecified atom stereocenters. The van der Waals surface area contributed by atoms with Crippen LogP contribution < -0.4 is 18.5 Å². The number of alkyl halides is 2. The number of halogens is 4. The van der Waals surface area contributed by atoms with Crippen LogP contribution in [0, 0.1) is 11.8 Å². The summed E-state index contributed by atoms with van der Waals surface area (Å²) in [6.45, 7) is 2.30. The number of likely N-dealkylation sites (N-methyl/N-ethyl adjacent to an activating group) is 1. The van der Waals surface area contributed by atoms with E-state index in [1.165, 1.54) is 47.0 Å². The second-order valence-corrected chi connectivity index (χ2v) is 17.0. The van der Waals surface area contributed by atoms with Crippen molar-refractivity contribution in [1.82, 2.24) is 14.8 Å². The van der Waals surface area contributed by atoms with Crippen LogP contribution in [-0.4, -0.2) is 102 Å². The first-order valence-corrected chi connectivity index (χ1v) is 20.8. The molecule has 11 nitrogen and oxygen atoms in total. The average Bonchev–Trinajstić information content (AvgIpc) is 4.06. The maximum atomic E-state index is 14.2. The number of aromatic nitrogens is 1. The molecule has 1 atom stereocenters. The largest absolute Gasteiger partial charge is 0.493 e. The maximum Gasteiger partial charge on any atom is 0.387 e. The van der Waals surface area contributed by atoms with Gasteiger partial charge in [0.05, 0.1) is 40.8 Å².